The van der Waals surface area contributed by atoms with E-state index in [2.05, 4.69) is 11.8 Å². The van der Waals surface area contributed by atoms with Crippen molar-refractivity contribution in [2.75, 3.05) is 24.3 Å². The quantitative estimate of drug-likeness (QED) is 0.807. The number of amides is 1. The number of rotatable bonds is 3. The number of primary amides is 1. The molecule has 0 bridgehead atoms. The predicted octanol–water partition coefficient (Wildman–Crippen LogP) is 1.37. The van der Waals surface area contributed by atoms with Crippen molar-refractivity contribution in [1.29, 1.82) is 0 Å². The fourth-order valence-corrected chi connectivity index (χ4v) is 2.57. The minimum atomic E-state index is -0.238. The van der Waals surface area contributed by atoms with Crippen molar-refractivity contribution in [3.8, 4) is 5.75 Å². The Morgan fingerprint density at radius 1 is 1.42 bits per heavy atom. The standard InChI is InChI=1S/C14H21N3O2/c1-9-3-4-10(14(16)18)8-17(9)13-7-11(19-2)5-6-12(13)15/h5-7,9-10H,3-4,8,15H2,1-2H3,(H2,16,18). The van der Waals surface area contributed by atoms with Crippen molar-refractivity contribution in [2.45, 2.75) is 25.8 Å². The third-order valence-corrected chi connectivity index (χ3v) is 3.83. The first-order chi connectivity index (χ1) is 9.02. The number of methoxy groups -OCH3 is 1. The molecule has 2 unspecified atom stereocenters. The molecule has 2 atom stereocenters. The molecule has 0 radical (unpaired) electrons. The van der Waals surface area contributed by atoms with Gasteiger partial charge in [-0.2, -0.15) is 0 Å². The molecule has 1 heterocycles. The summed E-state index contributed by atoms with van der Waals surface area (Å²) in [5, 5.41) is 0. The van der Waals surface area contributed by atoms with Crippen LogP contribution in [-0.4, -0.2) is 25.6 Å². The van der Waals surface area contributed by atoms with Gasteiger partial charge in [0.05, 0.1) is 24.4 Å². The van der Waals surface area contributed by atoms with Crippen molar-refractivity contribution in [2.24, 2.45) is 11.7 Å². The molecule has 1 saturated heterocycles. The minimum Gasteiger partial charge on any atom is -0.497 e. The van der Waals surface area contributed by atoms with Gasteiger partial charge in [-0.1, -0.05) is 0 Å². The van der Waals surface area contributed by atoms with E-state index in [0.717, 1.165) is 24.3 Å². The van der Waals surface area contributed by atoms with Gasteiger partial charge in [-0.05, 0) is 31.9 Å². The molecule has 19 heavy (non-hydrogen) atoms. The van der Waals surface area contributed by atoms with Crippen LogP contribution in [0.5, 0.6) is 5.75 Å². The van der Waals surface area contributed by atoms with Gasteiger partial charge in [-0.25, -0.2) is 0 Å². The van der Waals surface area contributed by atoms with Crippen LogP contribution in [0.1, 0.15) is 19.8 Å². The van der Waals surface area contributed by atoms with Crippen LogP contribution in [0, 0.1) is 5.92 Å². The summed E-state index contributed by atoms with van der Waals surface area (Å²) >= 11 is 0. The van der Waals surface area contributed by atoms with Crippen molar-refractivity contribution >= 4 is 17.3 Å². The average Bonchev–Trinajstić information content (AvgIpc) is 2.40. The predicted molar refractivity (Wildman–Crippen MR) is 76.1 cm³/mol. The van der Waals surface area contributed by atoms with E-state index in [4.69, 9.17) is 16.2 Å². The Kier molecular flexibility index (Phi) is 3.83. The third kappa shape index (κ3) is 2.75. The summed E-state index contributed by atoms with van der Waals surface area (Å²) in [5.74, 6) is 0.415. The molecule has 1 aliphatic heterocycles. The van der Waals surface area contributed by atoms with E-state index in [1.165, 1.54) is 0 Å². The van der Waals surface area contributed by atoms with Crippen molar-refractivity contribution < 1.29 is 9.53 Å². The molecular weight excluding hydrogens is 242 g/mol. The summed E-state index contributed by atoms with van der Waals surface area (Å²) in [5.41, 5.74) is 13.1. The lowest BCUT2D eigenvalue weighted by Crippen LogP contribution is -2.46. The number of hydrogen-bond acceptors (Lipinski definition) is 4. The molecule has 1 amide bonds. The van der Waals surface area contributed by atoms with Crippen LogP contribution in [-0.2, 0) is 4.79 Å². The molecule has 2 rings (SSSR count). The van der Waals surface area contributed by atoms with Crippen LogP contribution in [0.3, 0.4) is 0 Å². The number of nitrogens with two attached hydrogens (primary N) is 2. The van der Waals surface area contributed by atoms with Crippen molar-refractivity contribution in [1.82, 2.24) is 0 Å². The summed E-state index contributed by atoms with van der Waals surface area (Å²) < 4.78 is 5.24. The number of carbonyl (C=O) groups is 1. The van der Waals surface area contributed by atoms with Gasteiger partial charge in [-0.3, -0.25) is 4.79 Å². The molecule has 0 aliphatic carbocycles. The van der Waals surface area contributed by atoms with E-state index in [1.54, 1.807) is 7.11 Å². The zero-order valence-corrected chi connectivity index (χ0v) is 11.4. The summed E-state index contributed by atoms with van der Waals surface area (Å²) in [6.07, 6.45) is 1.78. The molecular formula is C14H21N3O2. The number of benzene rings is 1. The highest BCUT2D eigenvalue weighted by Gasteiger charge is 2.29. The molecule has 0 spiro atoms. The van der Waals surface area contributed by atoms with Crippen LogP contribution < -0.4 is 21.1 Å². The number of ether oxygens (including phenoxy) is 1. The second kappa shape index (κ2) is 5.38. The third-order valence-electron chi connectivity index (χ3n) is 3.83. The number of nitrogen functional groups attached to an aromatic ring is 1. The largest absolute Gasteiger partial charge is 0.497 e. The normalized spacial score (nSPS) is 23.2. The van der Waals surface area contributed by atoms with Gasteiger partial charge in [0.1, 0.15) is 5.75 Å². The zero-order chi connectivity index (χ0) is 14.0. The molecule has 4 N–H and O–H groups in total. The Hall–Kier alpha value is -1.91. The summed E-state index contributed by atoms with van der Waals surface area (Å²) in [6.45, 7) is 2.75. The molecule has 1 fully saturated rings. The smallest absolute Gasteiger partial charge is 0.222 e. The fraction of sp³-hybridized carbons (Fsp3) is 0.500. The van der Waals surface area contributed by atoms with Gasteiger partial charge in [0.25, 0.3) is 0 Å². The Bertz CT molecular complexity index is 476. The minimum absolute atomic E-state index is 0.109. The number of anilines is 2. The fourth-order valence-electron chi connectivity index (χ4n) is 2.57. The van der Waals surface area contributed by atoms with Crippen LogP contribution in [0.15, 0.2) is 18.2 Å². The highest BCUT2D eigenvalue weighted by Crippen LogP contribution is 2.34. The molecule has 5 nitrogen and oxygen atoms in total. The van der Waals surface area contributed by atoms with Gasteiger partial charge < -0.3 is 21.1 Å². The lowest BCUT2D eigenvalue weighted by molar-refractivity contribution is -0.122. The number of nitrogens with zero attached hydrogens (tertiary/aromatic N) is 1. The maximum absolute atomic E-state index is 11.4. The zero-order valence-electron chi connectivity index (χ0n) is 11.4. The number of carbonyl (C=O) groups excluding carboxylic acids is 1. The molecule has 1 aromatic carbocycles. The maximum Gasteiger partial charge on any atom is 0.222 e. The average molecular weight is 263 g/mol. The lowest BCUT2D eigenvalue weighted by atomic mass is 9.92. The first-order valence-electron chi connectivity index (χ1n) is 6.52. The van der Waals surface area contributed by atoms with Crippen molar-refractivity contribution in [3.05, 3.63) is 18.2 Å². The van der Waals surface area contributed by atoms with E-state index >= 15 is 0 Å². The van der Waals surface area contributed by atoms with E-state index in [9.17, 15) is 4.79 Å². The molecule has 0 aromatic heterocycles. The van der Waals surface area contributed by atoms with E-state index in [1.807, 2.05) is 18.2 Å². The van der Waals surface area contributed by atoms with Crippen LogP contribution in [0.4, 0.5) is 11.4 Å². The topological polar surface area (TPSA) is 81.6 Å². The Morgan fingerprint density at radius 3 is 2.79 bits per heavy atom. The summed E-state index contributed by atoms with van der Waals surface area (Å²) in [6, 6.07) is 5.91. The van der Waals surface area contributed by atoms with Crippen LogP contribution >= 0.6 is 0 Å². The number of hydrogen-bond donors (Lipinski definition) is 2. The Balaban J connectivity index is 2.30. The molecule has 1 aliphatic rings. The first kappa shape index (κ1) is 13.5. The van der Waals surface area contributed by atoms with Gasteiger partial charge in [0, 0.05) is 18.7 Å². The van der Waals surface area contributed by atoms with Gasteiger partial charge in [0.15, 0.2) is 0 Å². The van der Waals surface area contributed by atoms with E-state index in [0.29, 0.717) is 18.3 Å². The highest BCUT2D eigenvalue weighted by molar-refractivity contribution is 5.78. The molecule has 5 heteroatoms. The van der Waals surface area contributed by atoms with Gasteiger partial charge in [0.2, 0.25) is 5.91 Å². The summed E-state index contributed by atoms with van der Waals surface area (Å²) in [7, 11) is 1.63. The monoisotopic (exact) mass is 263 g/mol. The second-order valence-electron chi connectivity index (χ2n) is 5.10. The maximum atomic E-state index is 11.4. The summed E-state index contributed by atoms with van der Waals surface area (Å²) in [4.78, 5) is 13.5. The van der Waals surface area contributed by atoms with Crippen molar-refractivity contribution in [3.63, 3.8) is 0 Å². The van der Waals surface area contributed by atoms with Crippen LogP contribution in [0.2, 0.25) is 0 Å². The Morgan fingerprint density at radius 2 is 2.16 bits per heavy atom. The highest BCUT2D eigenvalue weighted by atomic mass is 16.5. The number of piperidine rings is 1. The Labute approximate surface area is 113 Å². The lowest BCUT2D eigenvalue weighted by Gasteiger charge is -2.39. The van der Waals surface area contributed by atoms with Gasteiger partial charge >= 0.3 is 0 Å². The first-order valence-corrected chi connectivity index (χ1v) is 6.52. The molecule has 0 saturated carbocycles. The second-order valence-corrected chi connectivity index (χ2v) is 5.10. The molecule has 104 valence electrons. The molecule has 1 aromatic rings. The SMILES string of the molecule is COc1ccc(N)c(N2CC(C(N)=O)CCC2C)c1. The van der Waals surface area contributed by atoms with Crippen LogP contribution in [0.25, 0.3) is 0 Å². The van der Waals surface area contributed by atoms with E-state index < -0.39 is 0 Å². The van der Waals surface area contributed by atoms with Gasteiger partial charge in [-0.15, -0.1) is 0 Å². The van der Waals surface area contributed by atoms with E-state index in [-0.39, 0.29) is 11.8 Å².